The quantitative estimate of drug-likeness (QED) is 0.697. The molecule has 0 saturated heterocycles. The molecule has 2 rings (SSSR count). The minimum absolute atomic E-state index is 0.239. The zero-order chi connectivity index (χ0) is 18.6. The molecule has 2 aromatic carbocycles. The molecule has 0 aliphatic heterocycles. The maximum atomic E-state index is 12.7. The molecule has 0 atom stereocenters. The number of para-hydroxylation sites is 1. The molecule has 0 fully saturated rings. The lowest BCUT2D eigenvalue weighted by atomic mass is 9.98. The van der Waals surface area contributed by atoms with E-state index in [4.69, 9.17) is 0 Å². The van der Waals surface area contributed by atoms with Gasteiger partial charge in [0.15, 0.2) is 0 Å². The van der Waals surface area contributed by atoms with E-state index in [1.807, 2.05) is 39.0 Å². The Morgan fingerprint density at radius 3 is 2.44 bits per heavy atom. The molecule has 2 aromatic rings. The molecule has 0 aromatic heterocycles. The van der Waals surface area contributed by atoms with E-state index < -0.39 is 11.7 Å². The Morgan fingerprint density at radius 1 is 1.12 bits per heavy atom. The fourth-order valence-corrected chi connectivity index (χ4v) is 2.50. The third kappa shape index (κ3) is 4.95. The number of halogens is 3. The summed E-state index contributed by atoms with van der Waals surface area (Å²) in [7, 11) is 0. The van der Waals surface area contributed by atoms with Crippen LogP contribution < -0.4 is 5.32 Å². The van der Waals surface area contributed by atoms with Gasteiger partial charge in [-0.05, 0) is 47.7 Å². The van der Waals surface area contributed by atoms with E-state index in [-0.39, 0.29) is 11.8 Å². The van der Waals surface area contributed by atoms with Crippen molar-refractivity contribution in [2.45, 2.75) is 32.9 Å². The largest absolute Gasteiger partial charge is 0.416 e. The Balaban J connectivity index is 2.18. The van der Waals surface area contributed by atoms with E-state index in [0.717, 1.165) is 28.9 Å². The van der Waals surface area contributed by atoms with Crippen molar-refractivity contribution in [2.24, 2.45) is 0 Å². The van der Waals surface area contributed by atoms with Crippen molar-refractivity contribution in [1.82, 2.24) is 0 Å². The summed E-state index contributed by atoms with van der Waals surface area (Å²) in [6.07, 6.45) is -1.79. The standard InChI is InChI=1S/C20H20F3NO/c1-13(2)17-9-4-6-14(3)19(17)24-18(25)11-10-15-7-5-8-16(12-15)20(21,22)23/h4-13H,1-3H3,(H,24,25). The van der Waals surface area contributed by atoms with Crippen LogP contribution in [0.1, 0.15) is 42.0 Å². The minimum Gasteiger partial charge on any atom is -0.322 e. The van der Waals surface area contributed by atoms with Crippen molar-refractivity contribution in [3.8, 4) is 0 Å². The molecule has 1 amide bonds. The average Bonchev–Trinajstić information content (AvgIpc) is 2.54. The van der Waals surface area contributed by atoms with Crippen LogP contribution in [0.25, 0.3) is 6.08 Å². The first-order chi connectivity index (χ1) is 11.7. The van der Waals surface area contributed by atoms with Gasteiger partial charge in [-0.3, -0.25) is 4.79 Å². The number of carbonyl (C=O) groups excluding carboxylic acids is 1. The van der Waals surface area contributed by atoms with E-state index in [1.165, 1.54) is 24.3 Å². The molecule has 0 saturated carbocycles. The summed E-state index contributed by atoms with van der Waals surface area (Å²) >= 11 is 0. The lowest BCUT2D eigenvalue weighted by molar-refractivity contribution is -0.137. The van der Waals surface area contributed by atoms with Crippen LogP contribution in [0, 0.1) is 6.92 Å². The van der Waals surface area contributed by atoms with E-state index in [2.05, 4.69) is 5.32 Å². The fraction of sp³-hybridized carbons (Fsp3) is 0.250. The van der Waals surface area contributed by atoms with E-state index >= 15 is 0 Å². The van der Waals surface area contributed by atoms with Gasteiger partial charge >= 0.3 is 6.18 Å². The summed E-state index contributed by atoms with van der Waals surface area (Å²) in [6.45, 7) is 5.96. The van der Waals surface area contributed by atoms with Gasteiger partial charge in [0.2, 0.25) is 5.91 Å². The fourth-order valence-electron chi connectivity index (χ4n) is 2.50. The number of rotatable bonds is 4. The van der Waals surface area contributed by atoms with Gasteiger partial charge in [0, 0.05) is 11.8 Å². The van der Waals surface area contributed by atoms with Crippen molar-refractivity contribution < 1.29 is 18.0 Å². The Hall–Kier alpha value is -2.56. The normalized spacial score (nSPS) is 12.0. The molecular weight excluding hydrogens is 327 g/mol. The summed E-state index contributed by atoms with van der Waals surface area (Å²) in [4.78, 5) is 12.2. The molecule has 0 unspecified atom stereocenters. The van der Waals surface area contributed by atoms with Crippen LogP contribution in [0.15, 0.2) is 48.5 Å². The second kappa shape index (κ2) is 7.55. The van der Waals surface area contributed by atoms with Crippen LogP contribution in [0.2, 0.25) is 0 Å². The van der Waals surface area contributed by atoms with Crippen molar-refractivity contribution in [2.75, 3.05) is 5.32 Å². The van der Waals surface area contributed by atoms with Crippen molar-refractivity contribution in [1.29, 1.82) is 0 Å². The molecule has 0 heterocycles. The number of hydrogen-bond donors (Lipinski definition) is 1. The van der Waals surface area contributed by atoms with Gasteiger partial charge in [-0.15, -0.1) is 0 Å². The Morgan fingerprint density at radius 2 is 1.80 bits per heavy atom. The lowest BCUT2D eigenvalue weighted by Gasteiger charge is -2.15. The van der Waals surface area contributed by atoms with E-state index in [0.29, 0.717) is 5.56 Å². The summed E-state index contributed by atoms with van der Waals surface area (Å²) < 4.78 is 38.1. The first kappa shape index (κ1) is 18.8. The monoisotopic (exact) mass is 347 g/mol. The highest BCUT2D eigenvalue weighted by Gasteiger charge is 2.30. The first-order valence-corrected chi connectivity index (χ1v) is 7.94. The predicted octanol–water partition coefficient (Wildman–Crippen LogP) is 5.79. The second-order valence-electron chi connectivity index (χ2n) is 6.14. The highest BCUT2D eigenvalue weighted by Crippen LogP contribution is 2.30. The highest BCUT2D eigenvalue weighted by molar-refractivity contribution is 6.02. The number of aryl methyl sites for hydroxylation is 1. The van der Waals surface area contributed by atoms with Gasteiger partial charge in [0.05, 0.1) is 5.56 Å². The zero-order valence-electron chi connectivity index (χ0n) is 14.3. The number of anilines is 1. The summed E-state index contributed by atoms with van der Waals surface area (Å²) in [5, 5.41) is 2.83. The van der Waals surface area contributed by atoms with Gasteiger partial charge in [-0.1, -0.05) is 44.2 Å². The van der Waals surface area contributed by atoms with Crippen LogP contribution in [-0.2, 0) is 11.0 Å². The molecule has 25 heavy (non-hydrogen) atoms. The van der Waals surface area contributed by atoms with Crippen LogP contribution in [0.4, 0.5) is 18.9 Å². The maximum absolute atomic E-state index is 12.7. The highest BCUT2D eigenvalue weighted by atomic mass is 19.4. The minimum atomic E-state index is -4.40. The number of carbonyl (C=O) groups is 1. The van der Waals surface area contributed by atoms with Crippen LogP contribution in [0.5, 0.6) is 0 Å². The van der Waals surface area contributed by atoms with Crippen LogP contribution in [-0.4, -0.2) is 5.91 Å². The molecule has 0 aliphatic rings. The summed E-state index contributed by atoms with van der Waals surface area (Å²) in [6, 6.07) is 10.6. The number of hydrogen-bond acceptors (Lipinski definition) is 1. The Kier molecular flexibility index (Phi) is 5.67. The lowest BCUT2D eigenvalue weighted by Crippen LogP contribution is -2.11. The van der Waals surface area contributed by atoms with Gasteiger partial charge in [0.25, 0.3) is 0 Å². The molecule has 132 valence electrons. The van der Waals surface area contributed by atoms with Gasteiger partial charge in [-0.25, -0.2) is 0 Å². The smallest absolute Gasteiger partial charge is 0.322 e. The zero-order valence-corrected chi connectivity index (χ0v) is 14.3. The second-order valence-corrected chi connectivity index (χ2v) is 6.14. The average molecular weight is 347 g/mol. The first-order valence-electron chi connectivity index (χ1n) is 7.94. The van der Waals surface area contributed by atoms with E-state index in [1.54, 1.807) is 0 Å². The number of benzene rings is 2. The molecule has 0 spiro atoms. The topological polar surface area (TPSA) is 29.1 Å². The molecule has 1 N–H and O–H groups in total. The molecule has 2 nitrogen and oxygen atoms in total. The number of nitrogens with one attached hydrogen (secondary N) is 1. The molecule has 0 aliphatic carbocycles. The van der Waals surface area contributed by atoms with Crippen molar-refractivity contribution in [3.63, 3.8) is 0 Å². The van der Waals surface area contributed by atoms with Gasteiger partial charge in [-0.2, -0.15) is 13.2 Å². The van der Waals surface area contributed by atoms with Crippen LogP contribution >= 0.6 is 0 Å². The van der Waals surface area contributed by atoms with Crippen LogP contribution in [0.3, 0.4) is 0 Å². The number of amides is 1. The van der Waals surface area contributed by atoms with E-state index in [9.17, 15) is 18.0 Å². The molecule has 0 bridgehead atoms. The number of alkyl halides is 3. The van der Waals surface area contributed by atoms with Crippen molar-refractivity contribution >= 4 is 17.7 Å². The molecular formula is C20H20F3NO. The van der Waals surface area contributed by atoms with Gasteiger partial charge in [0.1, 0.15) is 0 Å². The third-order valence-corrected chi connectivity index (χ3v) is 3.82. The SMILES string of the molecule is Cc1cccc(C(C)C)c1NC(=O)C=Cc1cccc(C(F)(F)F)c1. The van der Waals surface area contributed by atoms with Gasteiger partial charge < -0.3 is 5.32 Å². The molecule has 0 radical (unpaired) electrons. The molecule has 5 heteroatoms. The maximum Gasteiger partial charge on any atom is 0.416 e. The summed E-state index contributed by atoms with van der Waals surface area (Å²) in [5.74, 6) is -0.142. The Labute approximate surface area is 145 Å². The Bertz CT molecular complexity index is 792. The summed E-state index contributed by atoms with van der Waals surface area (Å²) in [5.41, 5.74) is 2.28. The van der Waals surface area contributed by atoms with Crippen molar-refractivity contribution in [3.05, 3.63) is 70.8 Å². The third-order valence-electron chi connectivity index (χ3n) is 3.82. The predicted molar refractivity (Wildman–Crippen MR) is 94.4 cm³/mol.